The Morgan fingerprint density at radius 1 is 0.317 bits per heavy atom. The molecule has 1 unspecified atom stereocenters. The molecule has 0 rings (SSSR count). The highest BCUT2D eigenvalue weighted by Gasteiger charge is 2.19. The number of esters is 3. The standard InChI is InChI=1S/C57H110O6/c1-7-53(6)45-39-33-27-21-17-13-9-11-15-19-23-29-36-42-48-57(60)63-54(50-62-56(59)47-41-35-30-24-26-32-38-44-52(4)5)49-61-55(58)46-40-34-28-22-18-14-10-8-12-16-20-25-31-37-43-51(2)3/h51-54H,7-50H2,1-6H3/t53?,54-/m1/s1. The van der Waals surface area contributed by atoms with Gasteiger partial charge < -0.3 is 14.2 Å². The van der Waals surface area contributed by atoms with E-state index in [4.69, 9.17) is 14.2 Å². The summed E-state index contributed by atoms with van der Waals surface area (Å²) in [4.78, 5) is 38.0. The van der Waals surface area contributed by atoms with Gasteiger partial charge in [-0.15, -0.1) is 0 Å². The highest BCUT2D eigenvalue weighted by Crippen LogP contribution is 2.19. The second-order valence-electron chi connectivity index (χ2n) is 20.8. The van der Waals surface area contributed by atoms with Gasteiger partial charge in [0.15, 0.2) is 6.10 Å². The first-order valence-electron chi connectivity index (χ1n) is 28.1. The van der Waals surface area contributed by atoms with E-state index in [-0.39, 0.29) is 31.1 Å². The summed E-state index contributed by atoms with van der Waals surface area (Å²) >= 11 is 0. The summed E-state index contributed by atoms with van der Waals surface area (Å²) < 4.78 is 16.9. The number of ether oxygens (including phenoxy) is 3. The molecule has 6 heteroatoms. The minimum absolute atomic E-state index is 0.0643. The Bertz CT molecular complexity index is 978. The predicted octanol–water partition coefficient (Wildman–Crippen LogP) is 18.3. The summed E-state index contributed by atoms with van der Waals surface area (Å²) in [6.45, 7) is 13.7. The molecule has 0 spiro atoms. The van der Waals surface area contributed by atoms with Crippen LogP contribution in [-0.2, 0) is 28.6 Å². The number of carbonyl (C=O) groups excluding carboxylic acids is 3. The lowest BCUT2D eigenvalue weighted by atomic mass is 9.99. The molecule has 0 aromatic rings. The zero-order valence-corrected chi connectivity index (χ0v) is 43.4. The van der Waals surface area contributed by atoms with Gasteiger partial charge in [-0.25, -0.2) is 0 Å². The number of unbranched alkanes of at least 4 members (excludes halogenated alkanes) is 32. The van der Waals surface area contributed by atoms with Crippen LogP contribution < -0.4 is 0 Å². The highest BCUT2D eigenvalue weighted by molar-refractivity contribution is 5.71. The molecule has 6 nitrogen and oxygen atoms in total. The van der Waals surface area contributed by atoms with Crippen molar-refractivity contribution in [2.45, 2.75) is 317 Å². The van der Waals surface area contributed by atoms with Gasteiger partial charge in [0, 0.05) is 19.3 Å². The maximum Gasteiger partial charge on any atom is 0.306 e. The van der Waals surface area contributed by atoms with Crippen molar-refractivity contribution in [2.75, 3.05) is 13.2 Å². The quantitative estimate of drug-likeness (QED) is 0.0344. The fourth-order valence-electron chi connectivity index (χ4n) is 8.61. The van der Waals surface area contributed by atoms with Crippen molar-refractivity contribution in [2.24, 2.45) is 17.8 Å². The van der Waals surface area contributed by atoms with Gasteiger partial charge in [0.05, 0.1) is 0 Å². The minimum Gasteiger partial charge on any atom is -0.462 e. The average Bonchev–Trinajstić information content (AvgIpc) is 3.25. The minimum atomic E-state index is -0.763. The van der Waals surface area contributed by atoms with Crippen molar-refractivity contribution in [3.8, 4) is 0 Å². The zero-order valence-electron chi connectivity index (χ0n) is 43.4. The van der Waals surface area contributed by atoms with E-state index in [0.29, 0.717) is 19.3 Å². The summed E-state index contributed by atoms with van der Waals surface area (Å²) in [5, 5.41) is 0. The van der Waals surface area contributed by atoms with E-state index in [1.165, 1.54) is 193 Å². The van der Waals surface area contributed by atoms with Gasteiger partial charge in [-0.2, -0.15) is 0 Å². The van der Waals surface area contributed by atoms with Gasteiger partial charge in [0.1, 0.15) is 13.2 Å². The lowest BCUT2D eigenvalue weighted by Crippen LogP contribution is -2.30. The van der Waals surface area contributed by atoms with Gasteiger partial charge >= 0.3 is 17.9 Å². The van der Waals surface area contributed by atoms with E-state index in [1.54, 1.807) is 0 Å². The van der Waals surface area contributed by atoms with Gasteiger partial charge in [-0.05, 0) is 37.0 Å². The Kier molecular flexibility index (Phi) is 47.1. The first kappa shape index (κ1) is 61.4. The molecule has 0 aliphatic heterocycles. The molecule has 0 saturated heterocycles. The molecule has 0 aliphatic rings. The first-order chi connectivity index (χ1) is 30.6. The van der Waals surface area contributed by atoms with Crippen LogP contribution in [0, 0.1) is 17.8 Å². The van der Waals surface area contributed by atoms with E-state index in [0.717, 1.165) is 75.5 Å². The molecule has 2 atom stereocenters. The van der Waals surface area contributed by atoms with Crippen molar-refractivity contribution in [1.29, 1.82) is 0 Å². The molecule has 0 saturated carbocycles. The van der Waals surface area contributed by atoms with Crippen LogP contribution in [0.3, 0.4) is 0 Å². The molecule has 374 valence electrons. The maximum atomic E-state index is 12.8. The third-order valence-corrected chi connectivity index (χ3v) is 13.3. The topological polar surface area (TPSA) is 78.9 Å². The van der Waals surface area contributed by atoms with Gasteiger partial charge in [-0.1, -0.05) is 273 Å². The average molecular weight is 892 g/mol. The molecule has 0 aromatic heterocycles. The van der Waals surface area contributed by atoms with Crippen LogP contribution in [0.25, 0.3) is 0 Å². The third-order valence-electron chi connectivity index (χ3n) is 13.3. The van der Waals surface area contributed by atoms with Crippen LogP contribution in [-0.4, -0.2) is 37.2 Å². The molecule has 0 heterocycles. The van der Waals surface area contributed by atoms with Crippen LogP contribution in [0.15, 0.2) is 0 Å². The van der Waals surface area contributed by atoms with Crippen LogP contribution in [0.4, 0.5) is 0 Å². The van der Waals surface area contributed by atoms with Crippen molar-refractivity contribution in [1.82, 2.24) is 0 Å². The first-order valence-corrected chi connectivity index (χ1v) is 28.1. The largest absolute Gasteiger partial charge is 0.462 e. The van der Waals surface area contributed by atoms with E-state index in [2.05, 4.69) is 41.5 Å². The molecule has 0 radical (unpaired) electrons. The van der Waals surface area contributed by atoms with E-state index in [9.17, 15) is 14.4 Å². The molecule has 0 N–H and O–H groups in total. The molecule has 0 bridgehead atoms. The molecule has 0 aromatic carbocycles. The SMILES string of the molecule is CCC(C)CCCCCCCCCCCCCCCCC(=O)O[C@H](COC(=O)CCCCCCCCCCCCCCCCC(C)C)COC(=O)CCCCCCCCCC(C)C. The fraction of sp³-hybridized carbons (Fsp3) is 0.947. The van der Waals surface area contributed by atoms with E-state index in [1.807, 2.05) is 0 Å². The second-order valence-corrected chi connectivity index (χ2v) is 20.8. The van der Waals surface area contributed by atoms with Gasteiger partial charge in [-0.3, -0.25) is 14.4 Å². The number of hydrogen-bond acceptors (Lipinski definition) is 6. The van der Waals surface area contributed by atoms with Crippen LogP contribution >= 0.6 is 0 Å². The molecular formula is C57H110O6. The van der Waals surface area contributed by atoms with Crippen molar-refractivity contribution >= 4 is 17.9 Å². The van der Waals surface area contributed by atoms with Gasteiger partial charge in [0.25, 0.3) is 0 Å². The Hall–Kier alpha value is -1.59. The molecule has 63 heavy (non-hydrogen) atoms. The third kappa shape index (κ3) is 49.7. The van der Waals surface area contributed by atoms with Crippen molar-refractivity contribution in [3.63, 3.8) is 0 Å². The van der Waals surface area contributed by atoms with Crippen molar-refractivity contribution in [3.05, 3.63) is 0 Å². The summed E-state index contributed by atoms with van der Waals surface area (Å²) in [7, 11) is 0. The molecular weight excluding hydrogens is 781 g/mol. The maximum absolute atomic E-state index is 12.8. The second kappa shape index (κ2) is 48.3. The summed E-state index contributed by atoms with van der Waals surface area (Å²) in [6.07, 6.45) is 49.5. The lowest BCUT2D eigenvalue weighted by Gasteiger charge is -2.18. The van der Waals surface area contributed by atoms with Crippen molar-refractivity contribution < 1.29 is 28.6 Å². The Balaban J connectivity index is 4.26. The number of rotatable bonds is 50. The monoisotopic (exact) mass is 891 g/mol. The Morgan fingerprint density at radius 3 is 0.825 bits per heavy atom. The highest BCUT2D eigenvalue weighted by atomic mass is 16.6. The Morgan fingerprint density at radius 2 is 0.556 bits per heavy atom. The summed E-state index contributed by atoms with van der Waals surface area (Å²) in [5.74, 6) is 1.67. The van der Waals surface area contributed by atoms with E-state index < -0.39 is 6.10 Å². The Labute approximate surface area is 393 Å². The normalized spacial score (nSPS) is 12.6. The van der Waals surface area contributed by atoms with Crippen LogP contribution in [0.1, 0.15) is 311 Å². The van der Waals surface area contributed by atoms with Gasteiger partial charge in [0.2, 0.25) is 0 Å². The van der Waals surface area contributed by atoms with Crippen LogP contribution in [0.5, 0.6) is 0 Å². The number of hydrogen-bond donors (Lipinski definition) is 0. The van der Waals surface area contributed by atoms with Crippen LogP contribution in [0.2, 0.25) is 0 Å². The fourth-order valence-corrected chi connectivity index (χ4v) is 8.61. The number of carbonyl (C=O) groups is 3. The predicted molar refractivity (Wildman–Crippen MR) is 270 cm³/mol. The molecule has 0 fully saturated rings. The smallest absolute Gasteiger partial charge is 0.306 e. The lowest BCUT2D eigenvalue weighted by molar-refractivity contribution is -0.167. The summed E-state index contributed by atoms with van der Waals surface area (Å²) in [6, 6.07) is 0. The molecule has 0 aliphatic carbocycles. The summed E-state index contributed by atoms with van der Waals surface area (Å²) in [5.41, 5.74) is 0. The zero-order chi connectivity index (χ0) is 46.3. The van der Waals surface area contributed by atoms with E-state index >= 15 is 0 Å². The molecule has 0 amide bonds.